The monoisotopic (exact) mass is 200 g/mol. The highest BCUT2D eigenvalue weighted by atomic mass is 14.3. The van der Waals surface area contributed by atoms with Crippen LogP contribution in [0.4, 0.5) is 0 Å². The summed E-state index contributed by atoms with van der Waals surface area (Å²) >= 11 is 0. The summed E-state index contributed by atoms with van der Waals surface area (Å²) in [6.45, 7) is 2.28. The van der Waals surface area contributed by atoms with Crippen molar-refractivity contribution in [3.8, 4) is 0 Å². The summed E-state index contributed by atoms with van der Waals surface area (Å²) in [6, 6.07) is 10.9. The smallest absolute Gasteiger partial charge is 0.00492 e. The molecule has 1 aromatic rings. The molecule has 0 nitrogen and oxygen atoms in total. The zero-order valence-electron chi connectivity index (χ0n) is 9.52. The highest BCUT2D eigenvalue weighted by Crippen LogP contribution is 2.37. The molecule has 0 saturated carbocycles. The predicted octanol–water partition coefficient (Wildman–Crippen LogP) is 4.54. The number of hydrogen-bond acceptors (Lipinski definition) is 0. The van der Waals surface area contributed by atoms with Gasteiger partial charge in [0.1, 0.15) is 0 Å². The fraction of sp³-hybridized carbons (Fsp3) is 0.467. The summed E-state index contributed by atoms with van der Waals surface area (Å²) in [6.07, 6.45) is 10.1. The summed E-state index contributed by atoms with van der Waals surface area (Å²) in [5.74, 6) is 1.53. The second kappa shape index (κ2) is 5.16. The largest absolute Gasteiger partial charge is 0.0876 e. The Kier molecular flexibility index (Phi) is 3.60. The predicted molar refractivity (Wildman–Crippen MR) is 66.0 cm³/mol. The lowest BCUT2D eigenvalue weighted by Crippen LogP contribution is -2.06. The van der Waals surface area contributed by atoms with E-state index in [4.69, 9.17) is 0 Å². The molecule has 0 aliphatic heterocycles. The van der Waals surface area contributed by atoms with Crippen molar-refractivity contribution in [1.29, 1.82) is 0 Å². The van der Waals surface area contributed by atoms with Crippen LogP contribution in [0.25, 0.3) is 0 Å². The molecule has 0 heteroatoms. The molecule has 0 radical (unpaired) electrons. The van der Waals surface area contributed by atoms with Crippen molar-refractivity contribution in [2.75, 3.05) is 0 Å². The van der Waals surface area contributed by atoms with Crippen LogP contribution in [0, 0.1) is 5.92 Å². The van der Waals surface area contributed by atoms with Gasteiger partial charge in [0.2, 0.25) is 0 Å². The average molecular weight is 200 g/mol. The summed E-state index contributed by atoms with van der Waals surface area (Å²) in [7, 11) is 0. The molecule has 2 rings (SSSR count). The molecule has 0 N–H and O–H groups in total. The van der Waals surface area contributed by atoms with Gasteiger partial charge in [0, 0.05) is 5.92 Å². The third-order valence-electron chi connectivity index (χ3n) is 3.40. The lowest BCUT2D eigenvalue weighted by molar-refractivity contribution is 0.452. The van der Waals surface area contributed by atoms with Gasteiger partial charge in [-0.15, -0.1) is 0 Å². The van der Waals surface area contributed by atoms with Crippen LogP contribution in [0.3, 0.4) is 0 Å². The zero-order valence-corrected chi connectivity index (χ0v) is 9.52. The van der Waals surface area contributed by atoms with Crippen LogP contribution in [-0.2, 0) is 0 Å². The maximum Gasteiger partial charge on any atom is 0.00492 e. The summed E-state index contributed by atoms with van der Waals surface area (Å²) < 4.78 is 0. The molecule has 0 aromatic heterocycles. The van der Waals surface area contributed by atoms with Gasteiger partial charge < -0.3 is 0 Å². The molecule has 80 valence electrons. The fourth-order valence-electron chi connectivity index (χ4n) is 2.53. The van der Waals surface area contributed by atoms with Crippen molar-refractivity contribution >= 4 is 0 Å². The Morgan fingerprint density at radius 1 is 1.20 bits per heavy atom. The molecule has 0 fully saturated rings. The summed E-state index contributed by atoms with van der Waals surface area (Å²) in [4.78, 5) is 0. The minimum absolute atomic E-state index is 0.678. The SMILES string of the molecule is CCCC[C@H]1CC=C[C@H]1c1ccccc1. The Morgan fingerprint density at radius 3 is 2.73 bits per heavy atom. The molecule has 1 aromatic carbocycles. The van der Waals surface area contributed by atoms with Crippen LogP contribution >= 0.6 is 0 Å². The second-order valence-corrected chi connectivity index (χ2v) is 4.50. The highest BCUT2D eigenvalue weighted by molar-refractivity contribution is 5.27. The van der Waals surface area contributed by atoms with Crippen molar-refractivity contribution < 1.29 is 0 Å². The van der Waals surface area contributed by atoms with Crippen molar-refractivity contribution in [2.45, 2.75) is 38.5 Å². The minimum Gasteiger partial charge on any atom is -0.0876 e. The molecular weight excluding hydrogens is 180 g/mol. The van der Waals surface area contributed by atoms with E-state index in [0.29, 0.717) is 5.92 Å². The molecule has 0 spiro atoms. The van der Waals surface area contributed by atoms with Crippen LogP contribution in [-0.4, -0.2) is 0 Å². The van der Waals surface area contributed by atoms with Crippen LogP contribution in [0.2, 0.25) is 0 Å². The van der Waals surface area contributed by atoms with Gasteiger partial charge >= 0.3 is 0 Å². The number of unbranched alkanes of at least 4 members (excludes halogenated alkanes) is 1. The van der Waals surface area contributed by atoms with E-state index in [2.05, 4.69) is 49.4 Å². The lowest BCUT2D eigenvalue weighted by Gasteiger charge is -2.19. The average Bonchev–Trinajstić information content (AvgIpc) is 2.75. The van der Waals surface area contributed by atoms with Gasteiger partial charge in [0.15, 0.2) is 0 Å². The molecular formula is C15H20. The number of rotatable bonds is 4. The van der Waals surface area contributed by atoms with Gasteiger partial charge in [-0.2, -0.15) is 0 Å². The first kappa shape index (κ1) is 10.5. The van der Waals surface area contributed by atoms with Crippen LogP contribution in [0.1, 0.15) is 44.1 Å². The molecule has 0 amide bonds. The van der Waals surface area contributed by atoms with E-state index in [-0.39, 0.29) is 0 Å². The van der Waals surface area contributed by atoms with Crippen LogP contribution in [0.5, 0.6) is 0 Å². The molecule has 1 aliphatic rings. The second-order valence-electron chi connectivity index (χ2n) is 4.50. The van der Waals surface area contributed by atoms with Gasteiger partial charge in [-0.25, -0.2) is 0 Å². The van der Waals surface area contributed by atoms with E-state index in [1.165, 1.54) is 31.2 Å². The number of allylic oxidation sites excluding steroid dienone is 2. The summed E-state index contributed by atoms with van der Waals surface area (Å²) in [5, 5.41) is 0. The van der Waals surface area contributed by atoms with Gasteiger partial charge in [0.05, 0.1) is 0 Å². The standard InChI is InChI=1S/C15H20/c1-2-3-8-13-11-7-12-15(13)14-9-5-4-6-10-14/h4-7,9-10,12-13,15H,2-3,8,11H2,1H3/t13-,15+/m0/s1. The third-order valence-corrected chi connectivity index (χ3v) is 3.40. The van der Waals surface area contributed by atoms with Crippen molar-refractivity contribution in [3.63, 3.8) is 0 Å². The Labute approximate surface area is 93.0 Å². The van der Waals surface area contributed by atoms with E-state index in [1.807, 2.05) is 0 Å². The van der Waals surface area contributed by atoms with E-state index in [0.717, 1.165) is 5.92 Å². The first-order chi connectivity index (χ1) is 7.42. The molecule has 0 saturated heterocycles. The molecule has 15 heavy (non-hydrogen) atoms. The highest BCUT2D eigenvalue weighted by Gasteiger charge is 2.23. The molecule has 1 aliphatic carbocycles. The van der Waals surface area contributed by atoms with E-state index in [1.54, 1.807) is 0 Å². The number of benzene rings is 1. The maximum atomic E-state index is 2.40. The molecule has 0 bridgehead atoms. The molecule has 0 heterocycles. The topological polar surface area (TPSA) is 0 Å². The van der Waals surface area contributed by atoms with Crippen LogP contribution < -0.4 is 0 Å². The zero-order chi connectivity index (χ0) is 10.5. The summed E-state index contributed by atoms with van der Waals surface area (Å²) in [5.41, 5.74) is 1.49. The van der Waals surface area contributed by atoms with Gasteiger partial charge in [-0.3, -0.25) is 0 Å². The molecule has 0 unspecified atom stereocenters. The number of hydrogen-bond donors (Lipinski definition) is 0. The van der Waals surface area contributed by atoms with Gasteiger partial charge in [-0.05, 0) is 24.3 Å². The minimum atomic E-state index is 0.678. The fourth-order valence-corrected chi connectivity index (χ4v) is 2.53. The van der Waals surface area contributed by atoms with Crippen LogP contribution in [0.15, 0.2) is 42.5 Å². The first-order valence-electron chi connectivity index (χ1n) is 6.13. The van der Waals surface area contributed by atoms with E-state index in [9.17, 15) is 0 Å². The van der Waals surface area contributed by atoms with Crippen molar-refractivity contribution in [1.82, 2.24) is 0 Å². The third kappa shape index (κ3) is 2.50. The Balaban J connectivity index is 2.04. The van der Waals surface area contributed by atoms with Crippen molar-refractivity contribution in [2.24, 2.45) is 5.92 Å². The first-order valence-corrected chi connectivity index (χ1v) is 6.13. The lowest BCUT2D eigenvalue weighted by atomic mass is 9.85. The van der Waals surface area contributed by atoms with E-state index < -0.39 is 0 Å². The van der Waals surface area contributed by atoms with Gasteiger partial charge in [-0.1, -0.05) is 62.2 Å². The van der Waals surface area contributed by atoms with Gasteiger partial charge in [0.25, 0.3) is 0 Å². The Morgan fingerprint density at radius 2 is 2.00 bits per heavy atom. The van der Waals surface area contributed by atoms with E-state index >= 15 is 0 Å². The Bertz CT molecular complexity index is 310. The maximum absolute atomic E-state index is 2.40. The quantitative estimate of drug-likeness (QED) is 0.626. The van der Waals surface area contributed by atoms with Crippen molar-refractivity contribution in [3.05, 3.63) is 48.0 Å². The Hall–Kier alpha value is -1.04. The molecule has 2 atom stereocenters. The normalized spacial score (nSPS) is 24.6.